The van der Waals surface area contributed by atoms with Crippen molar-refractivity contribution in [3.63, 3.8) is 0 Å². The van der Waals surface area contributed by atoms with E-state index in [9.17, 15) is 14.7 Å². The summed E-state index contributed by atoms with van der Waals surface area (Å²) in [7, 11) is 0. The van der Waals surface area contributed by atoms with Crippen LogP contribution in [0.3, 0.4) is 0 Å². The summed E-state index contributed by atoms with van der Waals surface area (Å²) in [6.45, 7) is 12.2. The third-order valence-electron chi connectivity index (χ3n) is 4.99. The predicted molar refractivity (Wildman–Crippen MR) is 97.9 cm³/mol. The molecular formula is C19H34N2O5. The zero-order chi connectivity index (χ0) is 19.8. The maximum atomic E-state index is 12.3. The number of ether oxygens (including phenoxy) is 2. The average Bonchev–Trinajstić information content (AvgIpc) is 2.71. The van der Waals surface area contributed by atoms with Gasteiger partial charge < -0.3 is 24.8 Å². The molecule has 1 saturated heterocycles. The van der Waals surface area contributed by atoms with Gasteiger partial charge in [0, 0.05) is 19.1 Å². The number of carbonyl (C=O) groups is 2. The molecule has 7 nitrogen and oxygen atoms in total. The molecule has 0 aromatic heterocycles. The molecule has 2 rings (SSSR count). The molecule has 1 heterocycles. The van der Waals surface area contributed by atoms with Crippen molar-refractivity contribution in [2.75, 3.05) is 13.1 Å². The van der Waals surface area contributed by atoms with Gasteiger partial charge in [0.25, 0.3) is 0 Å². The highest BCUT2D eigenvalue weighted by Gasteiger charge is 2.50. The lowest BCUT2D eigenvalue weighted by Crippen LogP contribution is -2.52. The highest BCUT2D eigenvalue weighted by atomic mass is 16.6. The fourth-order valence-corrected chi connectivity index (χ4v) is 3.89. The molecule has 1 aliphatic heterocycles. The number of nitrogens with zero attached hydrogens (tertiary/aromatic N) is 1. The largest absolute Gasteiger partial charge is 0.444 e. The normalized spacial score (nSPS) is 25.9. The summed E-state index contributed by atoms with van der Waals surface area (Å²) in [5, 5.41) is 13.1. The first-order chi connectivity index (χ1) is 11.8. The van der Waals surface area contributed by atoms with Gasteiger partial charge in [-0.3, -0.25) is 0 Å². The van der Waals surface area contributed by atoms with Gasteiger partial charge >= 0.3 is 12.2 Å². The van der Waals surface area contributed by atoms with E-state index < -0.39 is 23.4 Å². The van der Waals surface area contributed by atoms with E-state index in [4.69, 9.17) is 9.47 Å². The standard InChI is InChI=1S/C19H34N2O5/c1-17(2,3)25-15(23)20-14-11-13(22)12-19(14)7-9-21(10-8-19)16(24)26-18(4,5)6/h13-14,22H,7-12H2,1-6H3,(H,20,23). The molecule has 2 fully saturated rings. The molecule has 1 aliphatic carbocycles. The summed E-state index contributed by atoms with van der Waals surface area (Å²) in [6, 6.07) is -0.145. The summed E-state index contributed by atoms with van der Waals surface area (Å²) >= 11 is 0. The van der Waals surface area contributed by atoms with E-state index >= 15 is 0 Å². The summed E-state index contributed by atoms with van der Waals surface area (Å²) < 4.78 is 10.8. The molecule has 2 N–H and O–H groups in total. The minimum absolute atomic E-state index is 0.145. The van der Waals surface area contributed by atoms with Crippen molar-refractivity contribution in [1.82, 2.24) is 10.2 Å². The Morgan fingerprint density at radius 2 is 1.58 bits per heavy atom. The van der Waals surface area contributed by atoms with Gasteiger partial charge in [0.05, 0.1) is 6.10 Å². The minimum Gasteiger partial charge on any atom is -0.444 e. The van der Waals surface area contributed by atoms with Crippen molar-refractivity contribution in [2.45, 2.75) is 90.6 Å². The zero-order valence-corrected chi connectivity index (χ0v) is 16.9. The lowest BCUT2D eigenvalue weighted by Gasteiger charge is -2.43. The summed E-state index contributed by atoms with van der Waals surface area (Å²) in [5.74, 6) is 0. The number of rotatable bonds is 1. The monoisotopic (exact) mass is 370 g/mol. The van der Waals surface area contributed by atoms with E-state index in [-0.39, 0.29) is 17.6 Å². The van der Waals surface area contributed by atoms with Crippen LogP contribution in [0, 0.1) is 5.41 Å². The van der Waals surface area contributed by atoms with Gasteiger partial charge in [-0.25, -0.2) is 9.59 Å². The van der Waals surface area contributed by atoms with Gasteiger partial charge in [-0.05, 0) is 72.6 Å². The third-order valence-corrected chi connectivity index (χ3v) is 4.99. The first-order valence-electron chi connectivity index (χ1n) is 9.45. The Balaban J connectivity index is 1.98. The van der Waals surface area contributed by atoms with Crippen LogP contribution in [0.4, 0.5) is 9.59 Å². The number of amides is 2. The number of likely N-dealkylation sites (tertiary alicyclic amines) is 1. The molecule has 0 aromatic carbocycles. The topological polar surface area (TPSA) is 88.1 Å². The maximum absolute atomic E-state index is 12.3. The van der Waals surface area contributed by atoms with Crippen molar-refractivity contribution in [3.05, 3.63) is 0 Å². The number of aliphatic hydroxyl groups is 1. The maximum Gasteiger partial charge on any atom is 0.410 e. The molecule has 26 heavy (non-hydrogen) atoms. The molecule has 0 aromatic rings. The second-order valence-corrected chi connectivity index (χ2v) is 9.62. The lowest BCUT2D eigenvalue weighted by molar-refractivity contribution is 0.00375. The van der Waals surface area contributed by atoms with Crippen LogP contribution >= 0.6 is 0 Å². The summed E-state index contributed by atoms with van der Waals surface area (Å²) in [4.78, 5) is 26.2. The fraction of sp³-hybridized carbons (Fsp3) is 0.895. The Labute approximate surface area is 156 Å². The summed E-state index contributed by atoms with van der Waals surface area (Å²) in [6.07, 6.45) is 1.41. The Morgan fingerprint density at radius 1 is 1.04 bits per heavy atom. The Morgan fingerprint density at radius 3 is 2.08 bits per heavy atom. The van der Waals surface area contributed by atoms with Gasteiger partial charge in [0.1, 0.15) is 11.2 Å². The molecule has 2 unspecified atom stereocenters. The van der Waals surface area contributed by atoms with Crippen LogP contribution in [0.5, 0.6) is 0 Å². The Kier molecular flexibility index (Phi) is 5.80. The van der Waals surface area contributed by atoms with E-state index in [0.717, 1.165) is 12.8 Å². The van der Waals surface area contributed by atoms with Crippen LogP contribution < -0.4 is 5.32 Å². The molecule has 2 amide bonds. The first-order valence-corrected chi connectivity index (χ1v) is 9.45. The highest BCUT2D eigenvalue weighted by molar-refractivity contribution is 5.69. The molecule has 7 heteroatoms. The van der Waals surface area contributed by atoms with Gasteiger partial charge in [-0.2, -0.15) is 0 Å². The van der Waals surface area contributed by atoms with Crippen LogP contribution in [0.15, 0.2) is 0 Å². The number of aliphatic hydroxyl groups excluding tert-OH is 1. The fourth-order valence-electron chi connectivity index (χ4n) is 3.89. The second-order valence-electron chi connectivity index (χ2n) is 9.62. The molecule has 0 bridgehead atoms. The predicted octanol–water partition coefficient (Wildman–Crippen LogP) is 3.05. The van der Waals surface area contributed by atoms with Gasteiger partial charge in [-0.15, -0.1) is 0 Å². The second kappa shape index (κ2) is 7.25. The molecule has 0 radical (unpaired) electrons. The van der Waals surface area contributed by atoms with Crippen LogP contribution in [0.25, 0.3) is 0 Å². The number of hydrogen-bond acceptors (Lipinski definition) is 5. The van der Waals surface area contributed by atoms with Crippen LogP contribution in [-0.4, -0.2) is 58.6 Å². The molecular weight excluding hydrogens is 336 g/mol. The SMILES string of the molecule is CC(C)(C)OC(=O)NC1CC(O)CC12CCN(C(=O)OC(C)(C)C)CC2. The van der Waals surface area contributed by atoms with E-state index in [1.54, 1.807) is 4.90 Å². The van der Waals surface area contributed by atoms with Gasteiger partial charge in [-0.1, -0.05) is 0 Å². The van der Waals surface area contributed by atoms with Gasteiger partial charge in [0.15, 0.2) is 0 Å². The number of carbonyl (C=O) groups excluding carboxylic acids is 2. The molecule has 1 spiro atoms. The zero-order valence-electron chi connectivity index (χ0n) is 16.9. The van der Waals surface area contributed by atoms with E-state index in [0.29, 0.717) is 25.9 Å². The quantitative estimate of drug-likeness (QED) is 0.741. The molecule has 2 atom stereocenters. The van der Waals surface area contributed by atoms with E-state index in [1.807, 2.05) is 41.5 Å². The van der Waals surface area contributed by atoms with Crippen molar-refractivity contribution in [1.29, 1.82) is 0 Å². The van der Waals surface area contributed by atoms with E-state index in [1.165, 1.54) is 0 Å². The molecule has 2 aliphatic rings. The molecule has 150 valence electrons. The number of nitrogens with one attached hydrogen (secondary N) is 1. The Bertz CT molecular complexity index is 527. The smallest absolute Gasteiger partial charge is 0.410 e. The number of alkyl carbamates (subject to hydrolysis) is 1. The minimum atomic E-state index is -0.561. The van der Waals surface area contributed by atoms with Crippen LogP contribution in [0.1, 0.15) is 67.2 Å². The lowest BCUT2D eigenvalue weighted by atomic mass is 9.74. The van der Waals surface area contributed by atoms with Crippen molar-refractivity contribution in [2.24, 2.45) is 5.41 Å². The van der Waals surface area contributed by atoms with Crippen molar-refractivity contribution in [3.8, 4) is 0 Å². The number of hydrogen-bond donors (Lipinski definition) is 2. The Hall–Kier alpha value is -1.50. The highest BCUT2D eigenvalue weighted by Crippen LogP contribution is 2.46. The average molecular weight is 370 g/mol. The van der Waals surface area contributed by atoms with Crippen molar-refractivity contribution >= 4 is 12.2 Å². The van der Waals surface area contributed by atoms with Gasteiger partial charge in [0.2, 0.25) is 0 Å². The van der Waals surface area contributed by atoms with E-state index in [2.05, 4.69) is 5.32 Å². The van der Waals surface area contributed by atoms with Crippen LogP contribution in [-0.2, 0) is 9.47 Å². The number of piperidine rings is 1. The molecule has 1 saturated carbocycles. The van der Waals surface area contributed by atoms with Crippen molar-refractivity contribution < 1.29 is 24.2 Å². The third kappa shape index (κ3) is 5.50. The summed E-state index contributed by atoms with van der Waals surface area (Å²) in [5.41, 5.74) is -1.28. The van der Waals surface area contributed by atoms with Crippen LogP contribution in [0.2, 0.25) is 0 Å². The first kappa shape index (κ1) is 20.8.